The Bertz CT molecular complexity index is 336. The minimum absolute atomic E-state index is 0.143. The molecule has 0 amide bonds. The van der Waals surface area contributed by atoms with Crippen LogP contribution in [0.1, 0.15) is 66.7 Å². The Morgan fingerprint density at radius 1 is 1.15 bits per heavy atom. The molecule has 1 aliphatic rings. The van der Waals surface area contributed by atoms with Gasteiger partial charge in [-0.15, -0.1) is 0 Å². The Balaban J connectivity index is 2.45. The Labute approximate surface area is 122 Å². The highest BCUT2D eigenvalue weighted by molar-refractivity contribution is 6.36. The SMILES string of the molecule is CCOC(=O)/C(CC)=N/OC1CCC(C(C)(C)C)CC1. The van der Waals surface area contributed by atoms with Crippen molar-refractivity contribution >= 4 is 11.7 Å². The van der Waals surface area contributed by atoms with Crippen molar-refractivity contribution in [1.82, 2.24) is 0 Å². The van der Waals surface area contributed by atoms with Gasteiger partial charge in [0.1, 0.15) is 6.10 Å². The molecule has 0 bridgehead atoms. The van der Waals surface area contributed by atoms with E-state index in [4.69, 9.17) is 9.57 Å². The fourth-order valence-electron chi connectivity index (χ4n) is 2.63. The van der Waals surface area contributed by atoms with E-state index < -0.39 is 0 Å². The molecule has 0 aromatic carbocycles. The van der Waals surface area contributed by atoms with Crippen LogP contribution in [0.4, 0.5) is 0 Å². The summed E-state index contributed by atoms with van der Waals surface area (Å²) in [5.74, 6) is 0.389. The summed E-state index contributed by atoms with van der Waals surface area (Å²) >= 11 is 0. The highest BCUT2D eigenvalue weighted by Gasteiger charge is 2.30. The average Bonchev–Trinajstić information content (AvgIpc) is 2.39. The number of oxime groups is 1. The summed E-state index contributed by atoms with van der Waals surface area (Å²) in [7, 11) is 0. The predicted molar refractivity (Wildman–Crippen MR) is 80.6 cm³/mol. The maximum atomic E-state index is 11.6. The van der Waals surface area contributed by atoms with Gasteiger partial charge in [-0.2, -0.15) is 0 Å². The molecule has 1 rings (SSSR count). The number of carbonyl (C=O) groups excluding carboxylic acids is 1. The molecule has 20 heavy (non-hydrogen) atoms. The van der Waals surface area contributed by atoms with Crippen LogP contribution in [0.5, 0.6) is 0 Å². The molecule has 0 unspecified atom stereocenters. The molecule has 0 aromatic heterocycles. The minimum atomic E-state index is -0.363. The minimum Gasteiger partial charge on any atom is -0.461 e. The summed E-state index contributed by atoms with van der Waals surface area (Å²) in [5.41, 5.74) is 0.748. The largest absolute Gasteiger partial charge is 0.461 e. The number of ether oxygens (including phenoxy) is 1. The Morgan fingerprint density at radius 2 is 1.75 bits per heavy atom. The van der Waals surface area contributed by atoms with Crippen molar-refractivity contribution in [3.8, 4) is 0 Å². The zero-order valence-corrected chi connectivity index (χ0v) is 13.6. The molecule has 116 valence electrons. The molecule has 4 nitrogen and oxygen atoms in total. The molecule has 1 aliphatic carbocycles. The van der Waals surface area contributed by atoms with Crippen molar-refractivity contribution in [3.63, 3.8) is 0 Å². The summed E-state index contributed by atoms with van der Waals surface area (Å²) in [6.45, 7) is 10.9. The standard InChI is InChI=1S/C16H29NO3/c1-6-14(15(18)19-7-2)17-20-13-10-8-12(9-11-13)16(3,4)5/h12-13H,6-11H2,1-5H3/b17-14+. The second-order valence-electron chi connectivity index (χ2n) is 6.56. The number of hydrogen-bond acceptors (Lipinski definition) is 4. The first kappa shape index (κ1) is 17.0. The average molecular weight is 283 g/mol. The van der Waals surface area contributed by atoms with Gasteiger partial charge in [-0.25, -0.2) is 4.79 Å². The number of nitrogens with zero attached hydrogens (tertiary/aromatic N) is 1. The van der Waals surface area contributed by atoms with Crippen molar-refractivity contribution < 1.29 is 14.4 Å². The van der Waals surface area contributed by atoms with Crippen LogP contribution in [0, 0.1) is 11.3 Å². The van der Waals surface area contributed by atoms with Crippen LogP contribution < -0.4 is 0 Å². The molecule has 0 aliphatic heterocycles. The van der Waals surface area contributed by atoms with E-state index in [0.717, 1.165) is 18.8 Å². The zero-order chi connectivity index (χ0) is 15.2. The molecule has 0 N–H and O–H groups in total. The van der Waals surface area contributed by atoms with Crippen LogP contribution in [-0.4, -0.2) is 24.4 Å². The lowest BCUT2D eigenvalue weighted by Crippen LogP contribution is -2.29. The summed E-state index contributed by atoms with van der Waals surface area (Å²) in [5, 5.41) is 4.01. The monoisotopic (exact) mass is 283 g/mol. The van der Waals surface area contributed by atoms with Crippen LogP contribution >= 0.6 is 0 Å². The van der Waals surface area contributed by atoms with Gasteiger partial charge in [0.05, 0.1) is 6.61 Å². The Morgan fingerprint density at radius 3 is 2.20 bits per heavy atom. The van der Waals surface area contributed by atoms with Crippen molar-refractivity contribution in [2.45, 2.75) is 72.8 Å². The summed E-state index contributed by atoms with van der Waals surface area (Å²) in [6, 6.07) is 0. The van der Waals surface area contributed by atoms with E-state index in [1.165, 1.54) is 12.8 Å². The second kappa shape index (κ2) is 7.65. The van der Waals surface area contributed by atoms with Gasteiger partial charge in [0.15, 0.2) is 5.71 Å². The number of esters is 1. The molecule has 0 aromatic rings. The van der Waals surface area contributed by atoms with Crippen molar-refractivity contribution in [2.24, 2.45) is 16.5 Å². The van der Waals surface area contributed by atoms with E-state index in [-0.39, 0.29) is 12.1 Å². The van der Waals surface area contributed by atoms with E-state index in [1.54, 1.807) is 6.92 Å². The van der Waals surface area contributed by atoms with Crippen molar-refractivity contribution in [3.05, 3.63) is 0 Å². The summed E-state index contributed by atoms with van der Waals surface area (Å²) in [4.78, 5) is 17.1. The van der Waals surface area contributed by atoms with Crippen molar-refractivity contribution in [1.29, 1.82) is 0 Å². The molecule has 0 saturated heterocycles. The molecule has 1 saturated carbocycles. The molecular formula is C16H29NO3. The third kappa shape index (κ3) is 5.14. The van der Waals surface area contributed by atoms with Crippen molar-refractivity contribution in [2.75, 3.05) is 6.61 Å². The third-order valence-corrected chi connectivity index (χ3v) is 4.06. The van der Waals surface area contributed by atoms with Gasteiger partial charge in [-0.1, -0.05) is 32.9 Å². The molecule has 0 heterocycles. The number of carbonyl (C=O) groups is 1. The fraction of sp³-hybridized carbons (Fsp3) is 0.875. The Kier molecular flexibility index (Phi) is 6.50. The zero-order valence-electron chi connectivity index (χ0n) is 13.6. The summed E-state index contributed by atoms with van der Waals surface area (Å²) < 4.78 is 4.95. The molecule has 0 atom stereocenters. The second-order valence-corrected chi connectivity index (χ2v) is 6.56. The van der Waals surface area contributed by atoms with Crippen LogP contribution in [0.15, 0.2) is 5.16 Å². The molecule has 1 fully saturated rings. The molecule has 4 heteroatoms. The van der Waals surface area contributed by atoms with Gasteiger partial charge < -0.3 is 9.57 Å². The first-order valence-corrected chi connectivity index (χ1v) is 7.78. The van der Waals surface area contributed by atoms with Crippen LogP contribution in [-0.2, 0) is 14.4 Å². The lowest BCUT2D eigenvalue weighted by molar-refractivity contribution is -0.135. The van der Waals surface area contributed by atoms with E-state index >= 15 is 0 Å². The molecule has 0 radical (unpaired) electrons. The Hall–Kier alpha value is -1.06. The highest BCUT2D eigenvalue weighted by Crippen LogP contribution is 2.38. The van der Waals surface area contributed by atoms with Crippen LogP contribution in [0.3, 0.4) is 0 Å². The third-order valence-electron chi connectivity index (χ3n) is 4.06. The molecular weight excluding hydrogens is 254 g/mol. The van der Waals surface area contributed by atoms with E-state index in [1.807, 2.05) is 6.92 Å². The highest BCUT2D eigenvalue weighted by atomic mass is 16.6. The predicted octanol–water partition coefficient (Wildman–Crippen LogP) is 3.94. The molecule has 0 spiro atoms. The summed E-state index contributed by atoms with van der Waals surface area (Å²) in [6.07, 6.45) is 5.06. The van der Waals surface area contributed by atoms with Crippen LogP contribution in [0.2, 0.25) is 0 Å². The van der Waals surface area contributed by atoms with Gasteiger partial charge >= 0.3 is 5.97 Å². The first-order chi connectivity index (χ1) is 9.38. The lowest BCUT2D eigenvalue weighted by atomic mass is 9.72. The number of hydrogen-bond donors (Lipinski definition) is 0. The fourth-order valence-corrected chi connectivity index (χ4v) is 2.63. The van der Waals surface area contributed by atoms with Gasteiger partial charge in [0.25, 0.3) is 0 Å². The topological polar surface area (TPSA) is 47.9 Å². The van der Waals surface area contributed by atoms with Gasteiger partial charge in [-0.3, -0.25) is 0 Å². The quantitative estimate of drug-likeness (QED) is 0.436. The smallest absolute Gasteiger partial charge is 0.356 e. The van der Waals surface area contributed by atoms with E-state index in [2.05, 4.69) is 25.9 Å². The first-order valence-electron chi connectivity index (χ1n) is 7.78. The van der Waals surface area contributed by atoms with E-state index in [0.29, 0.717) is 24.2 Å². The van der Waals surface area contributed by atoms with Gasteiger partial charge in [0, 0.05) is 0 Å². The maximum absolute atomic E-state index is 11.6. The lowest BCUT2D eigenvalue weighted by Gasteiger charge is -2.36. The van der Waals surface area contributed by atoms with E-state index in [9.17, 15) is 4.79 Å². The number of rotatable bonds is 5. The maximum Gasteiger partial charge on any atom is 0.356 e. The van der Waals surface area contributed by atoms with Gasteiger partial charge in [-0.05, 0) is 50.4 Å². The van der Waals surface area contributed by atoms with Gasteiger partial charge in [0.2, 0.25) is 0 Å². The normalized spacial score (nSPS) is 24.4. The van der Waals surface area contributed by atoms with Crippen LogP contribution in [0.25, 0.3) is 0 Å².